The fourth-order valence-corrected chi connectivity index (χ4v) is 8.30. The van der Waals surface area contributed by atoms with Crippen molar-refractivity contribution in [1.82, 2.24) is 9.62 Å². The van der Waals surface area contributed by atoms with E-state index in [4.69, 9.17) is 0 Å². The first-order valence-corrected chi connectivity index (χ1v) is 15.9. The van der Waals surface area contributed by atoms with Crippen molar-refractivity contribution in [3.8, 4) is 0 Å². The third-order valence-electron chi connectivity index (χ3n) is 6.91. The summed E-state index contributed by atoms with van der Waals surface area (Å²) in [6, 6.07) is 5.45. The number of carbonyl (C=O) groups excluding carboxylic acids is 2. The number of amidine groups is 1. The van der Waals surface area contributed by atoms with Gasteiger partial charge in [0.05, 0.1) is 6.26 Å². The van der Waals surface area contributed by atoms with E-state index in [1.54, 1.807) is 17.0 Å². The molecule has 5 rings (SSSR count). The Kier molecular flexibility index (Phi) is 6.71. The van der Waals surface area contributed by atoms with Crippen LogP contribution in [0.5, 0.6) is 0 Å². The molecule has 1 aromatic carbocycles. The van der Waals surface area contributed by atoms with Gasteiger partial charge in [-0.2, -0.15) is 8.42 Å². The summed E-state index contributed by atoms with van der Waals surface area (Å²) in [5, 5.41) is 4.55. The average Bonchev–Trinajstić information content (AvgIpc) is 3.25. The maximum Gasteiger partial charge on any atom is 0.287 e. The monoisotopic (exact) mass is 568 g/mol. The van der Waals surface area contributed by atoms with E-state index in [0.29, 0.717) is 18.4 Å². The van der Waals surface area contributed by atoms with E-state index in [0.717, 1.165) is 30.4 Å². The van der Waals surface area contributed by atoms with Crippen LogP contribution < -0.4 is 10.0 Å². The summed E-state index contributed by atoms with van der Waals surface area (Å²) in [6.07, 6.45) is 3.88. The molecule has 0 bridgehead atoms. The Morgan fingerprint density at radius 1 is 1.19 bits per heavy atom. The topological polar surface area (TPSA) is 142 Å². The van der Waals surface area contributed by atoms with Crippen molar-refractivity contribution in [2.24, 2.45) is 16.2 Å². The molecular formula is C23H25FN4O6S3. The molecule has 2 N–H and O–H groups in total. The highest BCUT2D eigenvalue weighted by atomic mass is 32.2. The first-order valence-electron chi connectivity index (χ1n) is 11.7. The summed E-state index contributed by atoms with van der Waals surface area (Å²) in [4.78, 5) is 28.7. The summed E-state index contributed by atoms with van der Waals surface area (Å²) in [6.45, 7) is -0.0808. The summed E-state index contributed by atoms with van der Waals surface area (Å²) < 4.78 is 68.8. The number of rotatable bonds is 6. The van der Waals surface area contributed by atoms with Crippen molar-refractivity contribution < 1.29 is 30.8 Å². The fraction of sp³-hybridized carbons (Fsp3) is 0.435. The molecule has 2 aliphatic heterocycles. The molecule has 1 aliphatic carbocycles. The molecule has 14 heteroatoms. The van der Waals surface area contributed by atoms with Crippen LogP contribution in [-0.2, 0) is 42.7 Å². The van der Waals surface area contributed by atoms with Gasteiger partial charge in [0.2, 0.25) is 15.9 Å². The number of halogens is 1. The molecule has 198 valence electrons. The predicted molar refractivity (Wildman–Crippen MR) is 135 cm³/mol. The number of Topliss-reactive ketones (excluding diaryl/α,β-unsaturated/α-hetero) is 1. The number of benzene rings is 1. The van der Waals surface area contributed by atoms with Crippen molar-refractivity contribution in [1.29, 1.82) is 0 Å². The highest BCUT2D eigenvalue weighted by Crippen LogP contribution is 2.41. The lowest BCUT2D eigenvalue weighted by molar-refractivity contribution is -0.152. The van der Waals surface area contributed by atoms with Crippen LogP contribution in [-0.4, -0.2) is 51.6 Å². The normalized spacial score (nSPS) is 25.2. The van der Waals surface area contributed by atoms with E-state index in [2.05, 4.69) is 14.4 Å². The second-order valence-corrected chi connectivity index (χ2v) is 13.7. The van der Waals surface area contributed by atoms with Gasteiger partial charge in [0.15, 0.2) is 11.7 Å². The minimum Gasteiger partial charge on any atom is -0.334 e. The Hall–Kier alpha value is -2.68. The average molecular weight is 569 g/mol. The number of nitrogens with zero attached hydrogens (tertiary/aromatic N) is 2. The van der Waals surface area contributed by atoms with Crippen LogP contribution in [0.1, 0.15) is 36.8 Å². The molecule has 3 unspecified atom stereocenters. The van der Waals surface area contributed by atoms with Crippen LogP contribution in [0.3, 0.4) is 0 Å². The van der Waals surface area contributed by atoms with Gasteiger partial charge in [0, 0.05) is 30.6 Å². The van der Waals surface area contributed by atoms with Crippen molar-refractivity contribution in [3.05, 3.63) is 46.6 Å². The van der Waals surface area contributed by atoms with Crippen LogP contribution in [0, 0.1) is 17.7 Å². The van der Waals surface area contributed by atoms with Crippen LogP contribution >= 0.6 is 11.3 Å². The first-order chi connectivity index (χ1) is 17.4. The van der Waals surface area contributed by atoms with Crippen LogP contribution in [0.25, 0.3) is 0 Å². The molecule has 0 spiro atoms. The molecule has 10 nitrogen and oxygen atoms in total. The lowest BCUT2D eigenvalue weighted by atomic mass is 9.73. The maximum absolute atomic E-state index is 13.7. The van der Waals surface area contributed by atoms with E-state index in [9.17, 15) is 30.8 Å². The number of amides is 1. The van der Waals surface area contributed by atoms with E-state index < -0.39 is 43.6 Å². The third kappa shape index (κ3) is 5.07. The van der Waals surface area contributed by atoms with Gasteiger partial charge >= 0.3 is 0 Å². The summed E-state index contributed by atoms with van der Waals surface area (Å²) in [5.41, 5.74) is 0.911. The predicted octanol–water partition coefficient (Wildman–Crippen LogP) is 2.24. The van der Waals surface area contributed by atoms with Crippen molar-refractivity contribution in [2.75, 3.05) is 11.6 Å². The summed E-state index contributed by atoms with van der Waals surface area (Å²) in [7, 11) is -7.88. The molecule has 3 aliphatic rings. The lowest BCUT2D eigenvalue weighted by Crippen LogP contribution is -2.60. The molecular weight excluding hydrogens is 543 g/mol. The second kappa shape index (κ2) is 9.57. The van der Waals surface area contributed by atoms with Crippen molar-refractivity contribution >= 4 is 53.9 Å². The van der Waals surface area contributed by atoms with E-state index >= 15 is 0 Å². The number of carbonyl (C=O) groups is 2. The van der Waals surface area contributed by atoms with Crippen LogP contribution in [0.4, 0.5) is 9.39 Å². The molecule has 3 atom stereocenters. The van der Waals surface area contributed by atoms with Crippen molar-refractivity contribution in [2.45, 2.75) is 49.7 Å². The number of likely N-dealkylation sites (tertiary alicyclic amines) is 1. The van der Waals surface area contributed by atoms with Gasteiger partial charge in [0.1, 0.15) is 21.5 Å². The van der Waals surface area contributed by atoms with Gasteiger partial charge < -0.3 is 10.2 Å². The largest absolute Gasteiger partial charge is 0.334 e. The number of fused-ring (bicyclic) bond motifs is 2. The van der Waals surface area contributed by atoms with Gasteiger partial charge in [-0.1, -0.05) is 25.0 Å². The fourth-order valence-electron chi connectivity index (χ4n) is 5.24. The molecule has 1 amide bonds. The number of thiophene rings is 1. The number of anilines is 1. The van der Waals surface area contributed by atoms with Gasteiger partial charge in [-0.25, -0.2) is 17.5 Å². The minimum atomic E-state index is -4.32. The minimum absolute atomic E-state index is 0.162. The second-order valence-electron chi connectivity index (χ2n) is 9.48. The van der Waals surface area contributed by atoms with Gasteiger partial charge in [-0.3, -0.25) is 9.59 Å². The van der Waals surface area contributed by atoms with Crippen molar-refractivity contribution in [3.63, 3.8) is 0 Å². The van der Waals surface area contributed by atoms with Gasteiger partial charge in [-0.15, -0.1) is 15.7 Å². The van der Waals surface area contributed by atoms with Gasteiger partial charge in [0.25, 0.3) is 10.0 Å². The highest BCUT2D eigenvalue weighted by Gasteiger charge is 2.51. The zero-order valence-electron chi connectivity index (χ0n) is 19.8. The molecule has 37 heavy (non-hydrogen) atoms. The molecule has 2 aromatic rings. The van der Waals surface area contributed by atoms with E-state index in [-0.39, 0.29) is 46.2 Å². The first kappa shape index (κ1) is 25.9. The maximum atomic E-state index is 13.7. The third-order valence-corrected chi connectivity index (χ3v) is 10.1. The Labute approximate surface area is 218 Å². The smallest absolute Gasteiger partial charge is 0.287 e. The quantitative estimate of drug-likeness (QED) is 0.509. The highest BCUT2D eigenvalue weighted by molar-refractivity contribution is 7.91. The van der Waals surface area contributed by atoms with Crippen LogP contribution in [0.15, 0.2) is 38.9 Å². The van der Waals surface area contributed by atoms with E-state index in [1.165, 1.54) is 17.5 Å². The molecule has 1 aromatic heterocycles. The summed E-state index contributed by atoms with van der Waals surface area (Å²) in [5.74, 6) is -3.42. The van der Waals surface area contributed by atoms with Gasteiger partial charge in [-0.05, 0) is 35.9 Å². The number of nitrogens with one attached hydrogen (secondary N) is 2. The molecule has 3 heterocycles. The standard InChI is InChI=1S/C23H25FN4O6S3/c1-36(31,32)25-10-14-12-35-22-20(14)37(33,34)27-21(26-22)18-19(29)16-4-2-3-5-17(16)28(23(18)30)11-13-6-8-15(24)9-7-13/h6-9,12,16-18,25H,2-5,10-11H2,1H3,(H,26,27). The van der Waals surface area contributed by atoms with Crippen LogP contribution in [0.2, 0.25) is 0 Å². The number of ketones is 1. The van der Waals surface area contributed by atoms with E-state index in [1.807, 2.05) is 0 Å². The summed E-state index contributed by atoms with van der Waals surface area (Å²) >= 11 is 1.02. The molecule has 0 radical (unpaired) electrons. The molecule has 2 fully saturated rings. The Morgan fingerprint density at radius 2 is 1.89 bits per heavy atom. The lowest BCUT2D eigenvalue weighted by Gasteiger charge is -2.46. The Morgan fingerprint density at radius 3 is 2.59 bits per heavy atom. The molecule has 1 saturated heterocycles. The number of hydrogen-bond acceptors (Lipinski definition) is 8. The SMILES string of the molecule is CS(=O)(=O)NCc1csc2c1S(=O)(=O)N=C(C1C(=O)C3CCCCC3N(Cc3ccc(F)cc3)C1=O)N2. The Balaban J connectivity index is 1.48. The molecule has 1 saturated carbocycles. The number of sulfonamides is 2. The zero-order valence-corrected chi connectivity index (χ0v) is 22.3. The Bertz CT molecular complexity index is 1500. The number of piperidine rings is 1. The zero-order chi connectivity index (χ0) is 26.5. The number of hydrogen-bond donors (Lipinski definition) is 2.